The molecule has 55 heavy (non-hydrogen) atoms. The Kier molecular flexibility index (Phi) is 15.8. The molecule has 304 valence electrons. The van der Waals surface area contributed by atoms with Crippen LogP contribution in [0.25, 0.3) is 0 Å². The molecule has 0 bridgehead atoms. The third-order valence-electron chi connectivity index (χ3n) is 7.48. The fourth-order valence-corrected chi connectivity index (χ4v) is 5.81. The van der Waals surface area contributed by atoms with Crippen LogP contribution in [-0.4, -0.2) is 134 Å². The van der Waals surface area contributed by atoms with E-state index in [4.69, 9.17) is 69.2 Å². The molecule has 3 heterocycles. The fourth-order valence-electron chi connectivity index (χ4n) is 5.63. The summed E-state index contributed by atoms with van der Waals surface area (Å²) in [6, 6.07) is 4.34. The molecule has 0 saturated carbocycles. The second-order valence-electron chi connectivity index (χ2n) is 11.9. The lowest BCUT2D eigenvalue weighted by molar-refractivity contribution is -0.367. The molecule has 0 radical (unpaired) electrons. The van der Waals surface area contributed by atoms with E-state index in [1.807, 2.05) is 0 Å². The standard InChI is InChI=1S/C33H41NO20S/c1-15(35)44-13-23-26(47-17(3)37)28(49-19(5)39)30(51-21(7)41)33(53-23,32(42)54-34-12-10-9-11-24(34)55)45-14-22-25(46-16(2)36)27(48-18(4)38)29(50-20(6)40)31(43-8)52-22/h9-12,22-23,25-31H,13-14H2,1-8H3/t22-,23-,25-,26-,27+,28+,29-,30+,31+,33-/m1/s1. The van der Waals surface area contributed by atoms with E-state index in [-0.39, 0.29) is 4.64 Å². The van der Waals surface area contributed by atoms with Crippen LogP contribution in [0.2, 0.25) is 0 Å². The Morgan fingerprint density at radius 1 is 0.655 bits per heavy atom. The minimum Gasteiger partial charge on any atom is -0.463 e. The zero-order valence-electron chi connectivity index (χ0n) is 30.9. The maximum atomic E-state index is 14.5. The molecule has 0 aliphatic carbocycles. The van der Waals surface area contributed by atoms with Crippen molar-refractivity contribution >= 4 is 60.0 Å². The summed E-state index contributed by atoms with van der Waals surface area (Å²) in [5.41, 5.74) is 0. The highest BCUT2D eigenvalue weighted by Gasteiger charge is 2.67. The second kappa shape index (κ2) is 19.5. The summed E-state index contributed by atoms with van der Waals surface area (Å²) in [4.78, 5) is 106. The van der Waals surface area contributed by atoms with Gasteiger partial charge < -0.3 is 56.9 Å². The second-order valence-corrected chi connectivity index (χ2v) is 12.3. The lowest BCUT2D eigenvalue weighted by Gasteiger charge is -2.49. The molecule has 0 N–H and O–H groups in total. The number of hydrogen-bond acceptors (Lipinski definition) is 21. The van der Waals surface area contributed by atoms with Gasteiger partial charge in [0.25, 0.3) is 0 Å². The highest BCUT2D eigenvalue weighted by atomic mass is 32.1. The molecule has 10 atom stereocenters. The molecular weight excluding hydrogens is 762 g/mol. The molecule has 1 aromatic heterocycles. The number of methoxy groups -OCH3 is 1. The van der Waals surface area contributed by atoms with Crippen molar-refractivity contribution in [2.75, 3.05) is 20.3 Å². The van der Waals surface area contributed by atoms with Crippen LogP contribution in [0.4, 0.5) is 0 Å². The highest BCUT2D eigenvalue weighted by molar-refractivity contribution is 7.71. The minimum atomic E-state index is -3.09. The lowest BCUT2D eigenvalue weighted by atomic mass is 9.91. The van der Waals surface area contributed by atoms with Crippen LogP contribution in [0.3, 0.4) is 0 Å². The van der Waals surface area contributed by atoms with Crippen LogP contribution in [0.15, 0.2) is 24.4 Å². The van der Waals surface area contributed by atoms with E-state index >= 15 is 0 Å². The average molecular weight is 804 g/mol. The smallest absolute Gasteiger partial charge is 0.396 e. The molecule has 0 spiro atoms. The van der Waals surface area contributed by atoms with Gasteiger partial charge in [-0.3, -0.25) is 33.6 Å². The summed E-state index contributed by atoms with van der Waals surface area (Å²) >= 11 is 5.26. The van der Waals surface area contributed by atoms with Gasteiger partial charge in [0, 0.05) is 61.8 Å². The molecule has 1 aromatic rings. The van der Waals surface area contributed by atoms with Crippen LogP contribution in [0.5, 0.6) is 0 Å². The zero-order chi connectivity index (χ0) is 41.2. The first-order valence-electron chi connectivity index (χ1n) is 16.4. The first-order chi connectivity index (χ1) is 25.8. The van der Waals surface area contributed by atoms with Gasteiger partial charge in [0.2, 0.25) is 6.10 Å². The Morgan fingerprint density at radius 2 is 1.16 bits per heavy atom. The summed E-state index contributed by atoms with van der Waals surface area (Å²) in [6.45, 7) is 5.26. The van der Waals surface area contributed by atoms with E-state index < -0.39 is 122 Å². The molecule has 0 unspecified atom stereocenters. The van der Waals surface area contributed by atoms with Crippen molar-refractivity contribution in [1.29, 1.82) is 0 Å². The Morgan fingerprint density at radius 3 is 1.67 bits per heavy atom. The van der Waals surface area contributed by atoms with Crippen molar-refractivity contribution in [2.45, 2.75) is 109 Å². The Balaban J connectivity index is 2.30. The van der Waals surface area contributed by atoms with Gasteiger partial charge in [-0.2, -0.15) is 4.73 Å². The number of nitrogens with zero attached hydrogens (tertiary/aromatic N) is 1. The third-order valence-corrected chi connectivity index (χ3v) is 7.80. The third kappa shape index (κ3) is 11.7. The molecular formula is C33H41NO20S. The van der Waals surface area contributed by atoms with Crippen LogP contribution in [0.1, 0.15) is 48.5 Å². The molecule has 22 heteroatoms. The lowest BCUT2D eigenvalue weighted by Crippen LogP contribution is -2.73. The topological polar surface area (TPSA) is 252 Å². The number of esters is 7. The van der Waals surface area contributed by atoms with Crippen molar-refractivity contribution in [3.05, 3.63) is 29.0 Å². The van der Waals surface area contributed by atoms with E-state index in [9.17, 15) is 38.4 Å². The van der Waals surface area contributed by atoms with Gasteiger partial charge in [-0.1, -0.05) is 18.3 Å². The average Bonchev–Trinajstić information content (AvgIpc) is 3.07. The van der Waals surface area contributed by atoms with Gasteiger partial charge in [-0.25, -0.2) is 4.79 Å². The maximum Gasteiger partial charge on any atom is 0.396 e. The summed E-state index contributed by atoms with van der Waals surface area (Å²) < 4.78 is 62.1. The Hall–Kier alpha value is -5.03. The van der Waals surface area contributed by atoms with Crippen molar-refractivity contribution in [3.63, 3.8) is 0 Å². The quantitative estimate of drug-likeness (QED) is 0.134. The molecule has 0 amide bonds. The summed E-state index contributed by atoms with van der Waals surface area (Å²) in [7, 11) is 1.15. The van der Waals surface area contributed by atoms with Gasteiger partial charge in [-0.15, -0.1) is 0 Å². The summed E-state index contributed by atoms with van der Waals surface area (Å²) in [5, 5.41) is 0. The van der Waals surface area contributed by atoms with Crippen LogP contribution < -0.4 is 4.84 Å². The van der Waals surface area contributed by atoms with Crippen LogP contribution >= 0.6 is 12.2 Å². The summed E-state index contributed by atoms with van der Waals surface area (Å²) in [5.74, 6) is -11.3. The van der Waals surface area contributed by atoms with E-state index in [2.05, 4.69) is 0 Å². The van der Waals surface area contributed by atoms with Crippen molar-refractivity contribution in [1.82, 2.24) is 4.73 Å². The number of rotatable bonds is 14. The fraction of sp³-hybridized carbons (Fsp3) is 0.606. The zero-order valence-corrected chi connectivity index (χ0v) is 31.8. The Bertz CT molecular complexity index is 1680. The van der Waals surface area contributed by atoms with Gasteiger partial charge in [0.1, 0.15) is 23.5 Å². The monoisotopic (exact) mass is 803 g/mol. The number of carbonyl (C=O) groups excluding carboxylic acids is 8. The molecule has 2 saturated heterocycles. The number of hydrogen-bond donors (Lipinski definition) is 0. The van der Waals surface area contributed by atoms with Crippen molar-refractivity contribution in [2.24, 2.45) is 0 Å². The molecule has 0 aromatic carbocycles. The van der Waals surface area contributed by atoms with E-state index in [0.29, 0.717) is 0 Å². The Labute approximate surface area is 318 Å². The highest BCUT2D eigenvalue weighted by Crippen LogP contribution is 2.39. The largest absolute Gasteiger partial charge is 0.463 e. The normalized spacial score (nSPS) is 28.7. The van der Waals surface area contributed by atoms with Crippen LogP contribution in [0, 0.1) is 4.64 Å². The molecule has 2 aliphatic rings. The van der Waals surface area contributed by atoms with E-state index in [1.54, 1.807) is 0 Å². The summed E-state index contributed by atoms with van der Waals surface area (Å²) in [6.07, 6.45) is -14.3. The number of pyridine rings is 1. The number of ether oxygens (including phenoxy) is 11. The van der Waals surface area contributed by atoms with Crippen molar-refractivity contribution < 1.29 is 95.3 Å². The number of aromatic nitrogens is 1. The van der Waals surface area contributed by atoms with Crippen LogP contribution in [-0.2, 0) is 90.5 Å². The molecule has 3 rings (SSSR count). The first kappa shape index (κ1) is 44.4. The van der Waals surface area contributed by atoms with Gasteiger partial charge in [0.05, 0.1) is 6.61 Å². The predicted molar refractivity (Wildman–Crippen MR) is 176 cm³/mol. The number of carbonyl (C=O) groups is 8. The SMILES string of the molecule is CO[C@H]1O[C@H](CO[C@@]2(C(=O)On3ccccc3=S)O[C@H](COC(C)=O)[C@@H](OC(C)=O)[C@H](OC(C)=O)[C@@H]2OC(C)=O)[C@@H](OC(C)=O)[C@H](OC(C)=O)[C@H]1OC(C)=O. The molecule has 2 fully saturated rings. The van der Waals surface area contributed by atoms with Gasteiger partial charge >= 0.3 is 53.5 Å². The minimum absolute atomic E-state index is 0.0640. The molecule has 21 nitrogen and oxygen atoms in total. The maximum absolute atomic E-state index is 14.5. The predicted octanol–water partition coefficient (Wildman–Crippen LogP) is -0.191. The van der Waals surface area contributed by atoms with Gasteiger partial charge in [-0.05, 0) is 12.1 Å². The van der Waals surface area contributed by atoms with Crippen molar-refractivity contribution in [3.8, 4) is 0 Å². The van der Waals surface area contributed by atoms with E-state index in [1.165, 1.54) is 24.4 Å². The molecule has 2 aliphatic heterocycles. The van der Waals surface area contributed by atoms with E-state index in [0.717, 1.165) is 60.3 Å². The first-order valence-corrected chi connectivity index (χ1v) is 16.8. The van der Waals surface area contributed by atoms with Gasteiger partial charge in [0.15, 0.2) is 36.8 Å².